The summed E-state index contributed by atoms with van der Waals surface area (Å²) in [7, 11) is 1.61. The normalized spacial score (nSPS) is 27.8. The highest BCUT2D eigenvalue weighted by Crippen LogP contribution is 2.49. The number of amides is 1. The van der Waals surface area contributed by atoms with Crippen LogP contribution in [0.2, 0.25) is 0 Å². The second-order valence-corrected chi connectivity index (χ2v) is 9.96. The third kappa shape index (κ3) is 3.17. The lowest BCUT2D eigenvalue weighted by atomic mass is 9.74. The smallest absolute Gasteiger partial charge is 0.296 e. The van der Waals surface area contributed by atoms with Gasteiger partial charge < -0.3 is 9.47 Å². The molecular formula is C24H26N2O4S. The van der Waals surface area contributed by atoms with Crippen LogP contribution in [0.25, 0.3) is 0 Å². The van der Waals surface area contributed by atoms with Crippen molar-refractivity contribution in [3.05, 3.63) is 51.7 Å². The van der Waals surface area contributed by atoms with Gasteiger partial charge in [-0.15, -0.1) is 11.3 Å². The molecule has 4 unspecified atom stereocenters. The number of Topliss-reactive ketones (excluding diaryl/α,β-unsaturated/α-hetero) is 1. The fourth-order valence-corrected chi connectivity index (χ4v) is 5.90. The van der Waals surface area contributed by atoms with Crippen molar-refractivity contribution in [1.82, 2.24) is 4.98 Å². The van der Waals surface area contributed by atoms with Crippen molar-refractivity contribution in [2.45, 2.75) is 52.2 Å². The maximum atomic E-state index is 13.8. The molecule has 3 heterocycles. The van der Waals surface area contributed by atoms with E-state index >= 15 is 0 Å². The number of rotatable bonds is 3. The molecule has 6 nitrogen and oxygen atoms in total. The van der Waals surface area contributed by atoms with Crippen molar-refractivity contribution in [1.29, 1.82) is 0 Å². The average Bonchev–Trinajstić information content (AvgIpc) is 3.25. The third-order valence-electron chi connectivity index (χ3n) is 6.74. The highest BCUT2D eigenvalue weighted by molar-refractivity contribution is 7.15. The number of benzene rings is 1. The topological polar surface area (TPSA) is 68.7 Å². The van der Waals surface area contributed by atoms with E-state index in [1.54, 1.807) is 12.0 Å². The summed E-state index contributed by atoms with van der Waals surface area (Å²) in [6, 6.07) is 6.99. The third-order valence-corrected chi connectivity index (χ3v) is 7.81. The van der Waals surface area contributed by atoms with E-state index in [0.717, 1.165) is 35.4 Å². The van der Waals surface area contributed by atoms with Crippen molar-refractivity contribution in [2.75, 3.05) is 12.0 Å². The number of carbonyl (C=O) groups excluding carboxylic acids is 2. The highest BCUT2D eigenvalue weighted by atomic mass is 32.1. The van der Waals surface area contributed by atoms with Crippen LogP contribution in [0.4, 0.5) is 5.13 Å². The summed E-state index contributed by atoms with van der Waals surface area (Å²) in [5.41, 5.74) is 2.18. The molecule has 1 aromatic carbocycles. The summed E-state index contributed by atoms with van der Waals surface area (Å²) in [4.78, 5) is 34.7. The molecule has 0 spiro atoms. The van der Waals surface area contributed by atoms with E-state index < -0.39 is 6.04 Å². The van der Waals surface area contributed by atoms with Crippen LogP contribution in [-0.4, -0.2) is 29.9 Å². The molecule has 0 bridgehead atoms. The van der Waals surface area contributed by atoms with Gasteiger partial charge in [-0.1, -0.05) is 19.1 Å². The van der Waals surface area contributed by atoms with Gasteiger partial charge in [-0.3, -0.25) is 14.5 Å². The van der Waals surface area contributed by atoms with Crippen LogP contribution in [0.15, 0.2) is 35.6 Å². The van der Waals surface area contributed by atoms with Gasteiger partial charge in [0, 0.05) is 4.88 Å². The number of carbonyl (C=O) groups is 2. The molecule has 0 N–H and O–H groups in total. The number of anilines is 1. The minimum absolute atomic E-state index is 0.0477. The monoisotopic (exact) mass is 438 g/mol. The van der Waals surface area contributed by atoms with Crippen LogP contribution >= 0.6 is 11.3 Å². The molecule has 1 aromatic heterocycles. The van der Waals surface area contributed by atoms with E-state index in [1.807, 2.05) is 38.1 Å². The zero-order valence-corrected chi connectivity index (χ0v) is 19.0. The number of ketones is 1. The number of thiazole rings is 1. The van der Waals surface area contributed by atoms with Gasteiger partial charge >= 0.3 is 0 Å². The van der Waals surface area contributed by atoms with E-state index in [2.05, 4.69) is 11.9 Å². The fraction of sp³-hybridized carbons (Fsp3) is 0.458. The molecule has 1 saturated carbocycles. The molecule has 31 heavy (non-hydrogen) atoms. The summed E-state index contributed by atoms with van der Waals surface area (Å²) in [5.74, 6) is 0.943. The first-order valence-corrected chi connectivity index (χ1v) is 11.6. The molecule has 1 fully saturated rings. The lowest BCUT2D eigenvalue weighted by Crippen LogP contribution is -2.41. The highest BCUT2D eigenvalue weighted by Gasteiger charge is 2.53. The summed E-state index contributed by atoms with van der Waals surface area (Å²) in [5, 5.41) is 0.593. The van der Waals surface area contributed by atoms with Crippen LogP contribution in [0.3, 0.4) is 0 Å². The van der Waals surface area contributed by atoms with Crippen LogP contribution in [0.1, 0.15) is 48.4 Å². The van der Waals surface area contributed by atoms with Gasteiger partial charge in [-0.25, -0.2) is 4.98 Å². The van der Waals surface area contributed by atoms with Gasteiger partial charge in [0.1, 0.15) is 11.9 Å². The Balaban J connectivity index is 1.66. The number of hydrogen-bond donors (Lipinski definition) is 0. The van der Waals surface area contributed by atoms with Gasteiger partial charge in [-0.2, -0.15) is 0 Å². The Hall–Kier alpha value is -2.67. The van der Waals surface area contributed by atoms with E-state index in [9.17, 15) is 9.59 Å². The lowest BCUT2D eigenvalue weighted by molar-refractivity contribution is -0.132. The summed E-state index contributed by atoms with van der Waals surface area (Å²) >= 11 is 1.47. The SMILES string of the molecule is COc1cccc(C2C3=C(OC4CCC(C)CC4C3=O)C(=O)N2c2nc(C)c(C)s2)c1. The molecule has 0 saturated heterocycles. The van der Waals surface area contributed by atoms with Crippen LogP contribution in [-0.2, 0) is 14.3 Å². The Morgan fingerprint density at radius 2 is 2.03 bits per heavy atom. The van der Waals surface area contributed by atoms with Gasteiger partial charge in [-0.05, 0) is 56.7 Å². The van der Waals surface area contributed by atoms with E-state index in [4.69, 9.17) is 9.47 Å². The molecule has 1 aliphatic carbocycles. The second-order valence-electron chi connectivity index (χ2n) is 8.78. The number of fused-ring (bicyclic) bond motifs is 1. The molecule has 0 radical (unpaired) electrons. The van der Waals surface area contributed by atoms with Gasteiger partial charge in [0.25, 0.3) is 5.91 Å². The van der Waals surface area contributed by atoms with Gasteiger partial charge in [0.15, 0.2) is 16.7 Å². The Labute approximate surface area is 185 Å². The number of ether oxygens (including phenoxy) is 2. The maximum absolute atomic E-state index is 13.8. The molecule has 2 aromatic rings. The van der Waals surface area contributed by atoms with Crippen LogP contribution in [0, 0.1) is 25.7 Å². The Kier molecular flexibility index (Phi) is 4.88. The largest absolute Gasteiger partial charge is 0.497 e. The average molecular weight is 439 g/mol. The number of aryl methyl sites for hydroxylation is 2. The maximum Gasteiger partial charge on any atom is 0.296 e. The molecular weight excluding hydrogens is 412 g/mol. The molecule has 162 valence electrons. The van der Waals surface area contributed by atoms with Crippen molar-refractivity contribution < 1.29 is 19.1 Å². The molecule has 5 rings (SSSR count). The number of hydrogen-bond acceptors (Lipinski definition) is 6. The van der Waals surface area contributed by atoms with Gasteiger partial charge in [0.2, 0.25) is 0 Å². The van der Waals surface area contributed by atoms with E-state index in [-0.39, 0.29) is 29.5 Å². The first-order chi connectivity index (χ1) is 14.9. The quantitative estimate of drug-likeness (QED) is 0.705. The zero-order valence-electron chi connectivity index (χ0n) is 18.2. The minimum Gasteiger partial charge on any atom is -0.497 e. The minimum atomic E-state index is -0.562. The Morgan fingerprint density at radius 1 is 1.23 bits per heavy atom. The Morgan fingerprint density at radius 3 is 2.74 bits per heavy atom. The second kappa shape index (κ2) is 7.48. The number of methoxy groups -OCH3 is 1. The van der Waals surface area contributed by atoms with E-state index in [1.165, 1.54) is 11.3 Å². The van der Waals surface area contributed by atoms with Crippen molar-refractivity contribution in [2.24, 2.45) is 11.8 Å². The summed E-state index contributed by atoms with van der Waals surface area (Å²) < 4.78 is 11.7. The van der Waals surface area contributed by atoms with Crippen LogP contribution < -0.4 is 9.64 Å². The summed E-state index contributed by atoms with van der Waals surface area (Å²) in [6.45, 7) is 6.10. The number of nitrogens with zero attached hydrogens (tertiary/aromatic N) is 2. The Bertz CT molecular complexity index is 1090. The predicted octanol–water partition coefficient (Wildman–Crippen LogP) is 4.51. The molecule has 1 amide bonds. The van der Waals surface area contributed by atoms with Crippen LogP contribution in [0.5, 0.6) is 5.75 Å². The van der Waals surface area contributed by atoms with E-state index in [0.29, 0.717) is 22.4 Å². The fourth-order valence-electron chi connectivity index (χ4n) is 4.96. The molecule has 2 aliphatic heterocycles. The van der Waals surface area contributed by atoms with Gasteiger partial charge in [0.05, 0.1) is 30.3 Å². The number of aromatic nitrogens is 1. The predicted molar refractivity (Wildman–Crippen MR) is 118 cm³/mol. The standard InChI is InChI=1S/C24H26N2O4S/c1-12-8-9-18-17(10-12)21(27)19-20(15-6-5-7-16(11-15)29-4)26(23(28)22(19)30-18)24-25-13(2)14(3)31-24/h5-7,11-12,17-18,20H,8-10H2,1-4H3. The van der Waals surface area contributed by atoms with Crippen molar-refractivity contribution in [3.8, 4) is 5.75 Å². The first kappa shape index (κ1) is 20.2. The lowest BCUT2D eigenvalue weighted by Gasteiger charge is -2.37. The first-order valence-electron chi connectivity index (χ1n) is 10.8. The molecule has 4 atom stereocenters. The molecule has 7 heteroatoms. The summed E-state index contributed by atoms with van der Waals surface area (Å²) in [6.07, 6.45) is 2.41. The van der Waals surface area contributed by atoms with Crippen molar-refractivity contribution >= 4 is 28.2 Å². The van der Waals surface area contributed by atoms with Crippen molar-refractivity contribution in [3.63, 3.8) is 0 Å². The molecule has 3 aliphatic rings. The zero-order chi connectivity index (χ0) is 21.9.